The molecule has 0 radical (unpaired) electrons. The van der Waals surface area contributed by atoms with Gasteiger partial charge in [0.25, 0.3) is 10.0 Å². The number of benzene rings is 3. The maximum atomic E-state index is 12.7. The molecule has 1 atom stereocenters. The van der Waals surface area contributed by atoms with E-state index in [1.807, 2.05) is 31.2 Å². The molecule has 0 amide bonds. The molecule has 1 unspecified atom stereocenters. The number of hydrogen-bond acceptors (Lipinski definition) is 5. The highest BCUT2D eigenvalue weighted by molar-refractivity contribution is 7.89. The molecule has 4 aromatic rings. The number of ketones is 1. The number of carbonyl (C=O) groups excluding carboxylic acids is 1. The minimum absolute atomic E-state index is 0.0743. The Morgan fingerprint density at radius 1 is 0.867 bits per heavy atom. The molecular weight excluding hydrogens is 398 g/mol. The van der Waals surface area contributed by atoms with E-state index in [9.17, 15) is 13.2 Å². The zero-order valence-corrected chi connectivity index (χ0v) is 17.0. The Labute approximate surface area is 174 Å². The Balaban J connectivity index is 1.62. The first-order chi connectivity index (χ1) is 14.5. The third kappa shape index (κ3) is 3.79. The predicted octanol–water partition coefficient (Wildman–Crippen LogP) is 3.90. The Bertz CT molecular complexity index is 1280. The summed E-state index contributed by atoms with van der Waals surface area (Å²) in [6.07, 6.45) is 1.20. The van der Waals surface area contributed by atoms with Gasteiger partial charge in [0, 0.05) is 17.0 Å². The molecule has 0 spiro atoms. The quantitative estimate of drug-likeness (QED) is 0.445. The first-order valence-corrected chi connectivity index (χ1v) is 10.8. The van der Waals surface area contributed by atoms with E-state index in [4.69, 9.17) is 0 Å². The van der Waals surface area contributed by atoms with Crippen molar-refractivity contribution in [3.8, 4) is 0 Å². The average molecular weight is 417 g/mol. The summed E-state index contributed by atoms with van der Waals surface area (Å²) in [5, 5.41) is 4.20. The molecule has 0 aliphatic carbocycles. The van der Waals surface area contributed by atoms with E-state index in [1.54, 1.807) is 48.5 Å². The maximum absolute atomic E-state index is 12.7. The third-order valence-electron chi connectivity index (χ3n) is 4.85. The van der Waals surface area contributed by atoms with Gasteiger partial charge in [-0.05, 0) is 23.8 Å². The maximum Gasteiger partial charge on any atom is 0.284 e. The van der Waals surface area contributed by atoms with Crippen molar-refractivity contribution in [1.29, 1.82) is 0 Å². The van der Waals surface area contributed by atoms with E-state index in [-0.39, 0.29) is 16.6 Å². The van der Waals surface area contributed by atoms with E-state index in [0.29, 0.717) is 17.0 Å². The summed E-state index contributed by atoms with van der Waals surface area (Å²) in [4.78, 5) is 17.1. The minimum atomic E-state index is -3.80. The van der Waals surface area contributed by atoms with Crippen LogP contribution in [0, 0.1) is 0 Å². The molecule has 0 saturated heterocycles. The Hall–Kier alpha value is -3.58. The lowest BCUT2D eigenvalue weighted by molar-refractivity contribution is 0.103. The molecule has 7 heteroatoms. The SMILES string of the molecule is CC(c1cccc(C(=O)c2ccccc2)c1)c1ncn(S(=O)(=O)c2ccccc2)n1. The molecule has 0 bridgehead atoms. The normalized spacial score (nSPS) is 12.4. The predicted molar refractivity (Wildman–Crippen MR) is 113 cm³/mol. The van der Waals surface area contributed by atoms with E-state index >= 15 is 0 Å². The van der Waals surface area contributed by atoms with Crippen LogP contribution in [0.15, 0.2) is 96.2 Å². The summed E-state index contributed by atoms with van der Waals surface area (Å²) in [7, 11) is -3.80. The monoisotopic (exact) mass is 417 g/mol. The highest BCUT2D eigenvalue weighted by Gasteiger charge is 2.21. The molecule has 0 fully saturated rings. The van der Waals surface area contributed by atoms with Gasteiger partial charge in [0.1, 0.15) is 6.33 Å². The Morgan fingerprint density at radius 2 is 1.50 bits per heavy atom. The molecule has 0 N–H and O–H groups in total. The summed E-state index contributed by atoms with van der Waals surface area (Å²) < 4.78 is 26.3. The smallest absolute Gasteiger partial charge is 0.284 e. The lowest BCUT2D eigenvalue weighted by Gasteiger charge is -2.10. The van der Waals surface area contributed by atoms with E-state index in [1.165, 1.54) is 18.5 Å². The van der Waals surface area contributed by atoms with Crippen LogP contribution in [0.5, 0.6) is 0 Å². The van der Waals surface area contributed by atoms with Crippen molar-refractivity contribution in [2.45, 2.75) is 17.7 Å². The fraction of sp³-hybridized carbons (Fsp3) is 0.0870. The average Bonchev–Trinajstić information content (AvgIpc) is 3.30. The molecule has 0 aliphatic heterocycles. The number of nitrogens with zero attached hydrogens (tertiary/aromatic N) is 3. The minimum Gasteiger partial charge on any atom is -0.289 e. The Morgan fingerprint density at radius 3 is 2.20 bits per heavy atom. The van der Waals surface area contributed by atoms with E-state index in [0.717, 1.165) is 9.65 Å². The van der Waals surface area contributed by atoms with Crippen LogP contribution < -0.4 is 0 Å². The van der Waals surface area contributed by atoms with Crippen molar-refractivity contribution in [1.82, 2.24) is 14.2 Å². The van der Waals surface area contributed by atoms with Crippen molar-refractivity contribution in [2.75, 3.05) is 0 Å². The molecule has 150 valence electrons. The molecule has 1 heterocycles. The van der Waals surface area contributed by atoms with Gasteiger partial charge in [-0.2, -0.15) is 8.42 Å². The summed E-state index contributed by atoms with van der Waals surface area (Å²) in [6.45, 7) is 1.88. The van der Waals surface area contributed by atoms with E-state index < -0.39 is 10.0 Å². The van der Waals surface area contributed by atoms with Gasteiger partial charge < -0.3 is 0 Å². The zero-order chi connectivity index (χ0) is 21.1. The van der Waals surface area contributed by atoms with Crippen molar-refractivity contribution < 1.29 is 13.2 Å². The van der Waals surface area contributed by atoms with Crippen LogP contribution in [-0.2, 0) is 10.0 Å². The summed E-state index contributed by atoms with van der Waals surface area (Å²) >= 11 is 0. The number of aromatic nitrogens is 3. The van der Waals surface area contributed by atoms with Gasteiger partial charge in [-0.25, -0.2) is 4.98 Å². The topological polar surface area (TPSA) is 81.9 Å². The van der Waals surface area contributed by atoms with E-state index in [2.05, 4.69) is 10.1 Å². The lowest BCUT2D eigenvalue weighted by atomic mass is 9.95. The molecule has 4 rings (SSSR count). The fourth-order valence-electron chi connectivity index (χ4n) is 3.13. The molecule has 0 saturated carbocycles. The second-order valence-corrected chi connectivity index (χ2v) is 8.63. The van der Waals surface area contributed by atoms with Crippen LogP contribution in [0.1, 0.15) is 40.2 Å². The summed E-state index contributed by atoms with van der Waals surface area (Å²) in [5.41, 5.74) is 1.99. The second-order valence-electron chi connectivity index (χ2n) is 6.84. The number of hydrogen-bond donors (Lipinski definition) is 0. The second kappa shape index (κ2) is 8.04. The molecule has 3 aromatic carbocycles. The van der Waals surface area contributed by atoms with Gasteiger partial charge in [0.2, 0.25) is 0 Å². The van der Waals surface area contributed by atoms with Crippen molar-refractivity contribution in [3.05, 3.63) is 114 Å². The van der Waals surface area contributed by atoms with Gasteiger partial charge >= 0.3 is 0 Å². The van der Waals surface area contributed by atoms with Crippen LogP contribution >= 0.6 is 0 Å². The molecule has 30 heavy (non-hydrogen) atoms. The molecular formula is C23H19N3O3S. The highest BCUT2D eigenvalue weighted by atomic mass is 32.2. The van der Waals surface area contributed by atoms with Crippen LogP contribution in [0.3, 0.4) is 0 Å². The molecule has 0 aliphatic rings. The van der Waals surface area contributed by atoms with Gasteiger partial charge in [0.15, 0.2) is 11.6 Å². The lowest BCUT2D eigenvalue weighted by Crippen LogP contribution is -2.14. The highest BCUT2D eigenvalue weighted by Crippen LogP contribution is 2.24. The third-order valence-corrected chi connectivity index (χ3v) is 6.39. The first kappa shape index (κ1) is 19.7. The first-order valence-electron chi connectivity index (χ1n) is 9.39. The van der Waals surface area contributed by atoms with Crippen molar-refractivity contribution >= 4 is 15.8 Å². The van der Waals surface area contributed by atoms with Crippen molar-refractivity contribution in [3.63, 3.8) is 0 Å². The Kier molecular flexibility index (Phi) is 5.29. The number of rotatable bonds is 6. The standard InChI is InChI=1S/C23H19N3O3S/c1-17(19-11-8-12-20(15-19)22(27)18-9-4-2-5-10-18)23-24-16-26(25-23)30(28,29)21-13-6-3-7-14-21/h2-17H,1H3. The van der Waals surface area contributed by atoms with Gasteiger partial charge in [-0.15, -0.1) is 9.19 Å². The van der Waals surface area contributed by atoms with Gasteiger partial charge in [0.05, 0.1) is 4.90 Å². The fourth-order valence-corrected chi connectivity index (χ4v) is 4.21. The van der Waals surface area contributed by atoms with Crippen LogP contribution in [-0.4, -0.2) is 28.4 Å². The largest absolute Gasteiger partial charge is 0.289 e. The van der Waals surface area contributed by atoms with Crippen LogP contribution in [0.2, 0.25) is 0 Å². The zero-order valence-electron chi connectivity index (χ0n) is 16.2. The van der Waals surface area contributed by atoms with Crippen molar-refractivity contribution in [2.24, 2.45) is 0 Å². The summed E-state index contributed by atoms with van der Waals surface area (Å²) in [5.74, 6) is -0.00523. The molecule has 1 aromatic heterocycles. The number of carbonyl (C=O) groups is 1. The van der Waals surface area contributed by atoms with Gasteiger partial charge in [-0.3, -0.25) is 4.79 Å². The summed E-state index contributed by atoms with van der Waals surface area (Å²) in [6, 6.07) is 24.4. The molecule has 6 nitrogen and oxygen atoms in total. The van der Waals surface area contributed by atoms with Crippen LogP contribution in [0.4, 0.5) is 0 Å². The van der Waals surface area contributed by atoms with Gasteiger partial charge in [-0.1, -0.05) is 73.7 Å². The van der Waals surface area contributed by atoms with Crippen LogP contribution in [0.25, 0.3) is 0 Å².